The molecular weight excluding hydrogens is 128 g/mol. The first-order valence-corrected chi connectivity index (χ1v) is 3.06. The van der Waals surface area contributed by atoms with E-state index in [0.717, 1.165) is 11.4 Å². The Balaban J connectivity index is 3.46. The first-order valence-electron chi connectivity index (χ1n) is 3.06. The third-order valence-corrected chi connectivity index (χ3v) is 1.46. The van der Waals surface area contributed by atoms with Crippen LogP contribution < -0.4 is 11.3 Å². The SMILES string of the molecule is Cc1cc(=O)cc(C)n1N. The van der Waals surface area contributed by atoms with Crippen LogP contribution >= 0.6 is 0 Å². The lowest BCUT2D eigenvalue weighted by Gasteiger charge is -2.05. The van der Waals surface area contributed by atoms with Gasteiger partial charge < -0.3 is 5.84 Å². The molecule has 0 spiro atoms. The minimum atomic E-state index is 0.0108. The van der Waals surface area contributed by atoms with Gasteiger partial charge in [-0.15, -0.1) is 0 Å². The smallest absolute Gasteiger partial charge is 0.182 e. The zero-order valence-corrected chi connectivity index (χ0v) is 6.09. The molecule has 3 heteroatoms. The molecule has 2 N–H and O–H groups in total. The summed E-state index contributed by atoms with van der Waals surface area (Å²) in [5.74, 6) is 5.53. The molecule has 1 rings (SSSR count). The van der Waals surface area contributed by atoms with Crippen LogP contribution in [0.2, 0.25) is 0 Å². The second-order valence-corrected chi connectivity index (χ2v) is 2.34. The van der Waals surface area contributed by atoms with Crippen LogP contribution in [-0.2, 0) is 0 Å². The lowest BCUT2D eigenvalue weighted by Crippen LogP contribution is -2.19. The third-order valence-electron chi connectivity index (χ3n) is 1.46. The minimum absolute atomic E-state index is 0.0108. The molecule has 1 aromatic rings. The Hall–Kier alpha value is -1.25. The summed E-state index contributed by atoms with van der Waals surface area (Å²) < 4.78 is 1.49. The van der Waals surface area contributed by atoms with E-state index in [1.165, 1.54) is 16.8 Å². The monoisotopic (exact) mass is 138 g/mol. The van der Waals surface area contributed by atoms with Gasteiger partial charge in [0.15, 0.2) is 5.43 Å². The number of hydrogen-bond acceptors (Lipinski definition) is 2. The van der Waals surface area contributed by atoms with Gasteiger partial charge in [-0.3, -0.25) is 9.47 Å². The molecule has 0 fully saturated rings. The average molecular weight is 138 g/mol. The molecule has 1 aromatic heterocycles. The topological polar surface area (TPSA) is 48.0 Å². The molecule has 0 atom stereocenters. The van der Waals surface area contributed by atoms with Gasteiger partial charge in [0, 0.05) is 23.5 Å². The zero-order valence-electron chi connectivity index (χ0n) is 6.09. The van der Waals surface area contributed by atoms with Crippen molar-refractivity contribution in [2.24, 2.45) is 0 Å². The summed E-state index contributed by atoms with van der Waals surface area (Å²) in [5.41, 5.74) is 1.58. The molecule has 0 saturated carbocycles. The Morgan fingerprint density at radius 2 is 1.70 bits per heavy atom. The molecule has 54 valence electrons. The van der Waals surface area contributed by atoms with E-state index in [9.17, 15) is 4.79 Å². The predicted molar refractivity (Wildman–Crippen MR) is 40.3 cm³/mol. The summed E-state index contributed by atoms with van der Waals surface area (Å²) in [6.45, 7) is 3.60. The molecule has 0 aliphatic carbocycles. The summed E-state index contributed by atoms with van der Waals surface area (Å²) in [6.07, 6.45) is 0. The maximum absolute atomic E-state index is 10.8. The van der Waals surface area contributed by atoms with Crippen LogP contribution in [0.5, 0.6) is 0 Å². The van der Waals surface area contributed by atoms with E-state index in [-0.39, 0.29) is 5.43 Å². The molecule has 0 saturated heterocycles. The molecular formula is C7H10N2O. The first-order chi connectivity index (χ1) is 4.61. The van der Waals surface area contributed by atoms with Crippen LogP contribution in [-0.4, -0.2) is 4.68 Å². The Labute approximate surface area is 59.1 Å². The molecule has 0 bridgehead atoms. The highest BCUT2D eigenvalue weighted by Crippen LogP contribution is 1.93. The van der Waals surface area contributed by atoms with Crippen LogP contribution in [0.4, 0.5) is 0 Å². The van der Waals surface area contributed by atoms with E-state index in [4.69, 9.17) is 5.84 Å². The van der Waals surface area contributed by atoms with Crippen molar-refractivity contribution in [3.8, 4) is 0 Å². The van der Waals surface area contributed by atoms with Gasteiger partial charge >= 0.3 is 0 Å². The Morgan fingerprint density at radius 1 is 1.30 bits per heavy atom. The van der Waals surface area contributed by atoms with Crippen LogP contribution in [0.1, 0.15) is 11.4 Å². The van der Waals surface area contributed by atoms with Crippen LogP contribution in [0.25, 0.3) is 0 Å². The molecule has 0 unspecified atom stereocenters. The van der Waals surface area contributed by atoms with E-state index in [2.05, 4.69) is 0 Å². The Bertz CT molecular complexity index is 275. The van der Waals surface area contributed by atoms with Crippen molar-refractivity contribution in [1.29, 1.82) is 0 Å². The van der Waals surface area contributed by atoms with Crippen LogP contribution in [0.15, 0.2) is 16.9 Å². The van der Waals surface area contributed by atoms with Crippen LogP contribution in [0.3, 0.4) is 0 Å². The quantitative estimate of drug-likeness (QED) is 0.520. The van der Waals surface area contributed by atoms with Gasteiger partial charge in [0.2, 0.25) is 0 Å². The lowest BCUT2D eigenvalue weighted by molar-refractivity contribution is 0.877. The van der Waals surface area contributed by atoms with Crippen molar-refractivity contribution in [2.75, 3.05) is 5.84 Å². The number of nitrogens with two attached hydrogens (primary N) is 1. The van der Waals surface area contributed by atoms with Gasteiger partial charge in [-0.05, 0) is 13.8 Å². The van der Waals surface area contributed by atoms with Gasteiger partial charge in [0.1, 0.15) is 0 Å². The fourth-order valence-corrected chi connectivity index (χ4v) is 0.871. The van der Waals surface area contributed by atoms with E-state index in [1.54, 1.807) is 13.8 Å². The number of aryl methyl sites for hydroxylation is 2. The van der Waals surface area contributed by atoms with Crippen molar-refractivity contribution < 1.29 is 0 Å². The highest BCUT2D eigenvalue weighted by Gasteiger charge is 1.94. The number of aromatic nitrogens is 1. The standard InChI is InChI=1S/C7H10N2O/c1-5-3-7(10)4-6(2)9(5)8/h3-4H,8H2,1-2H3. The summed E-state index contributed by atoms with van der Waals surface area (Å²) in [6, 6.07) is 3.01. The maximum Gasteiger partial charge on any atom is 0.182 e. The van der Waals surface area contributed by atoms with E-state index < -0.39 is 0 Å². The normalized spacial score (nSPS) is 9.80. The fraction of sp³-hybridized carbons (Fsp3) is 0.286. The number of hydrogen-bond donors (Lipinski definition) is 1. The van der Waals surface area contributed by atoms with Crippen LogP contribution in [0, 0.1) is 13.8 Å². The van der Waals surface area contributed by atoms with Gasteiger partial charge in [-0.1, -0.05) is 0 Å². The minimum Gasteiger partial charge on any atom is -0.339 e. The number of nitrogen functional groups attached to an aromatic ring is 1. The average Bonchev–Trinajstić information content (AvgIpc) is 1.82. The summed E-state index contributed by atoms with van der Waals surface area (Å²) >= 11 is 0. The Morgan fingerprint density at radius 3 is 2.10 bits per heavy atom. The summed E-state index contributed by atoms with van der Waals surface area (Å²) in [7, 11) is 0. The van der Waals surface area contributed by atoms with Crippen molar-refractivity contribution in [3.63, 3.8) is 0 Å². The molecule has 0 aromatic carbocycles. The third kappa shape index (κ3) is 1.03. The molecule has 0 aliphatic rings. The van der Waals surface area contributed by atoms with E-state index in [0.29, 0.717) is 0 Å². The predicted octanol–water partition coefficient (Wildman–Crippen LogP) is 0.179. The molecule has 3 nitrogen and oxygen atoms in total. The first kappa shape index (κ1) is 6.86. The van der Waals surface area contributed by atoms with Gasteiger partial charge in [-0.2, -0.15) is 0 Å². The number of rotatable bonds is 0. The summed E-state index contributed by atoms with van der Waals surface area (Å²) in [4.78, 5) is 10.8. The highest BCUT2D eigenvalue weighted by molar-refractivity contribution is 5.11. The van der Waals surface area contributed by atoms with Crippen molar-refractivity contribution in [1.82, 2.24) is 4.68 Å². The van der Waals surface area contributed by atoms with Gasteiger partial charge in [0.05, 0.1) is 0 Å². The second-order valence-electron chi connectivity index (χ2n) is 2.34. The summed E-state index contributed by atoms with van der Waals surface area (Å²) in [5, 5.41) is 0. The molecule has 0 amide bonds. The largest absolute Gasteiger partial charge is 0.339 e. The fourth-order valence-electron chi connectivity index (χ4n) is 0.871. The molecule has 0 radical (unpaired) electrons. The van der Waals surface area contributed by atoms with Gasteiger partial charge in [0.25, 0.3) is 0 Å². The lowest BCUT2D eigenvalue weighted by atomic mass is 10.3. The number of pyridine rings is 1. The molecule has 10 heavy (non-hydrogen) atoms. The molecule has 1 heterocycles. The highest BCUT2D eigenvalue weighted by atomic mass is 16.1. The van der Waals surface area contributed by atoms with Crippen molar-refractivity contribution in [3.05, 3.63) is 33.7 Å². The van der Waals surface area contributed by atoms with Gasteiger partial charge in [-0.25, -0.2) is 0 Å². The Kier molecular flexibility index (Phi) is 1.49. The number of nitrogens with zero attached hydrogens (tertiary/aromatic N) is 1. The van der Waals surface area contributed by atoms with Crippen molar-refractivity contribution in [2.45, 2.75) is 13.8 Å². The van der Waals surface area contributed by atoms with E-state index >= 15 is 0 Å². The molecule has 0 aliphatic heterocycles. The maximum atomic E-state index is 10.8. The second kappa shape index (κ2) is 2.17. The van der Waals surface area contributed by atoms with E-state index in [1.807, 2.05) is 0 Å². The van der Waals surface area contributed by atoms with Crippen molar-refractivity contribution >= 4 is 0 Å². The zero-order chi connectivity index (χ0) is 7.72.